The van der Waals surface area contributed by atoms with E-state index < -0.39 is 30.4 Å². The Morgan fingerprint density at radius 1 is 1.18 bits per heavy atom. The first kappa shape index (κ1) is 22.8. The van der Waals surface area contributed by atoms with Crippen molar-refractivity contribution >= 4 is 47.7 Å². The maximum absolute atomic E-state index is 14.6. The lowest BCUT2D eigenvalue weighted by Gasteiger charge is -2.39. The van der Waals surface area contributed by atoms with Crippen molar-refractivity contribution in [2.75, 3.05) is 19.3 Å². The number of sulfonamides is 1. The van der Waals surface area contributed by atoms with Crippen LogP contribution in [0.4, 0.5) is 4.39 Å². The molecule has 2 N–H and O–H groups in total. The summed E-state index contributed by atoms with van der Waals surface area (Å²) in [6, 6.07) is 7.70. The predicted molar refractivity (Wildman–Crippen MR) is 130 cm³/mol. The van der Waals surface area contributed by atoms with Crippen LogP contribution in [-0.4, -0.2) is 61.7 Å². The molecule has 0 bridgehead atoms. The van der Waals surface area contributed by atoms with Crippen LogP contribution in [0.5, 0.6) is 0 Å². The number of hydrogen-bond acceptors (Lipinski definition) is 6. The highest BCUT2D eigenvalue weighted by Gasteiger charge is 2.35. The number of primary sulfonamides is 1. The van der Waals surface area contributed by atoms with Gasteiger partial charge < -0.3 is 4.57 Å². The molecule has 9 nitrogen and oxygen atoms in total. The van der Waals surface area contributed by atoms with Crippen LogP contribution in [0.25, 0.3) is 22.1 Å². The van der Waals surface area contributed by atoms with E-state index in [1.54, 1.807) is 12.5 Å². The summed E-state index contributed by atoms with van der Waals surface area (Å²) in [6.07, 6.45) is 3.27. The van der Waals surface area contributed by atoms with Crippen molar-refractivity contribution in [1.82, 2.24) is 23.8 Å². The number of pyridine rings is 2. The third-order valence-corrected chi connectivity index (χ3v) is 8.34. The van der Waals surface area contributed by atoms with Crippen molar-refractivity contribution in [3.8, 4) is 0 Å². The van der Waals surface area contributed by atoms with Crippen LogP contribution in [-0.2, 0) is 26.3 Å². The number of nitrogens with two attached hydrogens (primary N) is 1. The maximum Gasteiger partial charge on any atom is 0.240 e. The standard InChI is InChI=1S/C22H23FN6O3S2/c1-13-4-6-16-20-18(9-25-21(16)26-13)27-22(15-11-28(12-15)33(2,3)30)29(20)10-14-5-7-19(17(23)8-14)34(24,31)32/h4-9,15H,2,10-12H2,1,3H3,(H2,24,31,32). The Morgan fingerprint density at radius 3 is 2.56 bits per heavy atom. The lowest BCUT2D eigenvalue weighted by molar-refractivity contribution is 0.265. The average molecular weight is 503 g/mol. The van der Waals surface area contributed by atoms with Gasteiger partial charge in [0, 0.05) is 52.6 Å². The SMILES string of the molecule is C=S(C)(=O)N1CC(c2nc3cnc4nc(C)ccc4c3n2Cc2ccc(S(N)(=O)=O)c(F)c2)C1. The van der Waals surface area contributed by atoms with Gasteiger partial charge in [-0.05, 0) is 42.6 Å². The monoisotopic (exact) mass is 502 g/mol. The Bertz CT molecular complexity index is 1680. The average Bonchev–Trinajstić information content (AvgIpc) is 3.03. The molecule has 1 aromatic carbocycles. The number of aromatic nitrogens is 4. The summed E-state index contributed by atoms with van der Waals surface area (Å²) in [4.78, 5) is 13.2. The first-order valence-electron chi connectivity index (χ1n) is 10.4. The van der Waals surface area contributed by atoms with Crippen LogP contribution >= 0.6 is 0 Å². The van der Waals surface area contributed by atoms with Gasteiger partial charge in [-0.2, -0.15) is 0 Å². The van der Waals surface area contributed by atoms with Crippen molar-refractivity contribution < 1.29 is 17.0 Å². The molecule has 0 amide bonds. The molecule has 3 aromatic heterocycles. The first-order valence-corrected chi connectivity index (χ1v) is 14.1. The molecule has 1 atom stereocenters. The highest BCUT2D eigenvalue weighted by atomic mass is 32.2. The van der Waals surface area contributed by atoms with E-state index in [1.165, 1.54) is 18.2 Å². The topological polar surface area (TPSA) is 124 Å². The molecule has 4 heterocycles. The van der Waals surface area contributed by atoms with Crippen LogP contribution < -0.4 is 5.14 Å². The molecule has 1 unspecified atom stereocenters. The van der Waals surface area contributed by atoms with Gasteiger partial charge >= 0.3 is 0 Å². The summed E-state index contributed by atoms with van der Waals surface area (Å²) in [5.74, 6) is 3.59. The zero-order valence-corrected chi connectivity index (χ0v) is 20.2. The smallest absolute Gasteiger partial charge is 0.240 e. The Labute approximate surface area is 196 Å². The van der Waals surface area contributed by atoms with Gasteiger partial charge in [-0.25, -0.2) is 37.2 Å². The highest BCUT2D eigenvalue weighted by Crippen LogP contribution is 2.33. The van der Waals surface area contributed by atoms with E-state index in [4.69, 9.17) is 10.1 Å². The number of benzene rings is 1. The van der Waals surface area contributed by atoms with Crippen LogP contribution in [0.3, 0.4) is 0 Å². The van der Waals surface area contributed by atoms with Gasteiger partial charge in [0.2, 0.25) is 10.0 Å². The Balaban J connectivity index is 1.66. The van der Waals surface area contributed by atoms with Gasteiger partial charge in [0.05, 0.1) is 11.7 Å². The van der Waals surface area contributed by atoms with Gasteiger partial charge in [-0.1, -0.05) is 6.07 Å². The first-order chi connectivity index (χ1) is 15.9. The molecule has 5 rings (SSSR count). The fraction of sp³-hybridized carbons (Fsp3) is 0.273. The van der Waals surface area contributed by atoms with E-state index in [0.717, 1.165) is 22.4 Å². The Hall–Kier alpha value is -2.93. The van der Waals surface area contributed by atoms with E-state index in [1.807, 2.05) is 27.9 Å². The lowest BCUT2D eigenvalue weighted by atomic mass is 10.0. The van der Waals surface area contributed by atoms with Gasteiger partial charge in [0.25, 0.3) is 0 Å². The predicted octanol–water partition coefficient (Wildman–Crippen LogP) is 1.78. The van der Waals surface area contributed by atoms with Gasteiger partial charge in [-0.3, -0.25) is 4.21 Å². The highest BCUT2D eigenvalue weighted by molar-refractivity contribution is 7.97. The maximum atomic E-state index is 14.6. The second-order valence-corrected chi connectivity index (χ2v) is 12.7. The van der Waals surface area contributed by atoms with Crippen molar-refractivity contribution in [3.05, 3.63) is 59.4 Å². The van der Waals surface area contributed by atoms with E-state index in [9.17, 15) is 17.0 Å². The minimum Gasteiger partial charge on any atom is -0.323 e. The largest absolute Gasteiger partial charge is 0.323 e. The second kappa shape index (κ2) is 7.80. The summed E-state index contributed by atoms with van der Waals surface area (Å²) >= 11 is 0. The van der Waals surface area contributed by atoms with Crippen molar-refractivity contribution in [1.29, 1.82) is 0 Å². The van der Waals surface area contributed by atoms with E-state index in [0.29, 0.717) is 29.8 Å². The van der Waals surface area contributed by atoms with Crippen LogP contribution in [0.1, 0.15) is 23.0 Å². The normalized spacial score (nSPS) is 17.2. The molecule has 1 aliphatic rings. The number of hydrogen-bond donors (Lipinski definition) is 1. The number of nitrogens with zero attached hydrogens (tertiary/aromatic N) is 5. The third-order valence-electron chi connectivity index (χ3n) is 6.01. The molecule has 4 aromatic rings. The molecule has 34 heavy (non-hydrogen) atoms. The number of aryl methyl sites for hydroxylation is 1. The Morgan fingerprint density at radius 2 is 1.91 bits per heavy atom. The van der Waals surface area contributed by atoms with Crippen LogP contribution in [0, 0.1) is 12.7 Å². The number of rotatable bonds is 5. The third kappa shape index (κ3) is 3.96. The Kier molecular flexibility index (Phi) is 5.24. The van der Waals surface area contributed by atoms with Gasteiger partial charge in [0.1, 0.15) is 22.1 Å². The number of imidazole rings is 1. The molecular weight excluding hydrogens is 479 g/mol. The zero-order valence-electron chi connectivity index (χ0n) is 18.6. The molecular formula is C22H23FN6O3S2. The molecule has 0 spiro atoms. The quantitative estimate of drug-likeness (QED) is 0.415. The molecule has 0 saturated carbocycles. The molecule has 178 valence electrons. The lowest BCUT2D eigenvalue weighted by Crippen LogP contribution is -2.48. The zero-order chi connectivity index (χ0) is 24.4. The van der Waals surface area contributed by atoms with Crippen molar-refractivity contribution in [2.24, 2.45) is 5.14 Å². The number of fused-ring (bicyclic) bond motifs is 3. The summed E-state index contributed by atoms with van der Waals surface area (Å²) < 4.78 is 53.9. The second-order valence-electron chi connectivity index (χ2n) is 8.69. The minimum absolute atomic E-state index is 0.00285. The summed E-state index contributed by atoms with van der Waals surface area (Å²) in [5, 5.41) is 5.90. The molecule has 1 fully saturated rings. The molecule has 0 radical (unpaired) electrons. The fourth-order valence-electron chi connectivity index (χ4n) is 4.26. The van der Waals surface area contributed by atoms with Gasteiger partial charge in [-0.15, -0.1) is 0 Å². The molecule has 12 heteroatoms. The van der Waals surface area contributed by atoms with Gasteiger partial charge in [0.15, 0.2) is 5.65 Å². The van der Waals surface area contributed by atoms with Crippen molar-refractivity contribution in [3.63, 3.8) is 0 Å². The number of halogens is 1. The molecule has 0 aliphatic carbocycles. The van der Waals surface area contributed by atoms with E-state index >= 15 is 0 Å². The molecule has 1 saturated heterocycles. The van der Waals surface area contributed by atoms with E-state index in [-0.39, 0.29) is 12.5 Å². The summed E-state index contributed by atoms with van der Waals surface area (Å²) in [6.45, 7) is 3.18. The fourth-order valence-corrected chi connectivity index (χ4v) is 5.84. The van der Waals surface area contributed by atoms with Crippen molar-refractivity contribution in [2.45, 2.75) is 24.3 Å². The summed E-state index contributed by atoms with van der Waals surface area (Å²) in [5.41, 5.74) is 3.41. The van der Waals surface area contributed by atoms with Crippen LogP contribution in [0.15, 0.2) is 41.4 Å². The van der Waals surface area contributed by atoms with E-state index in [2.05, 4.69) is 15.8 Å². The van der Waals surface area contributed by atoms with Crippen LogP contribution in [0.2, 0.25) is 0 Å². The minimum atomic E-state index is -4.17. The summed E-state index contributed by atoms with van der Waals surface area (Å²) in [7, 11) is -6.48. The molecule has 1 aliphatic heterocycles.